The van der Waals surface area contributed by atoms with Crippen molar-refractivity contribution in [1.82, 2.24) is 4.90 Å². The van der Waals surface area contributed by atoms with Crippen molar-refractivity contribution >= 4 is 50.3 Å². The Morgan fingerprint density at radius 2 is 2.11 bits per heavy atom. The zero-order valence-corrected chi connectivity index (χ0v) is 12.5. The van der Waals surface area contributed by atoms with E-state index < -0.39 is 23.9 Å². The van der Waals surface area contributed by atoms with Gasteiger partial charge in [-0.1, -0.05) is 10.8 Å². The van der Waals surface area contributed by atoms with Crippen molar-refractivity contribution in [3.63, 3.8) is 0 Å². The number of carboxylic acid groups (broad SMARTS) is 1. The molecule has 2 aliphatic heterocycles. The quantitative estimate of drug-likeness (QED) is 0.589. The number of thioether (sulfide) groups is 1. The van der Waals surface area contributed by atoms with E-state index in [0.29, 0.717) is 4.24 Å². The van der Waals surface area contributed by atoms with Gasteiger partial charge in [-0.25, -0.2) is 4.79 Å². The molecule has 0 bridgehead atoms. The number of rotatable bonds is 3. The minimum atomic E-state index is -1.24. The first-order valence-corrected chi connectivity index (χ1v) is 8.38. The van der Waals surface area contributed by atoms with Crippen LogP contribution in [0.1, 0.15) is 13.8 Å². The van der Waals surface area contributed by atoms with Gasteiger partial charge in [-0.3, -0.25) is 14.5 Å². The summed E-state index contributed by atoms with van der Waals surface area (Å²) in [5, 5.41) is 18.1. The van der Waals surface area contributed by atoms with Crippen LogP contribution in [0.4, 0.5) is 0 Å². The Labute approximate surface area is 121 Å². The van der Waals surface area contributed by atoms with Crippen molar-refractivity contribution in [2.45, 2.75) is 25.3 Å². The van der Waals surface area contributed by atoms with Crippen molar-refractivity contribution in [3.05, 3.63) is 9.93 Å². The van der Waals surface area contributed by atoms with E-state index in [1.165, 1.54) is 35.4 Å². The van der Waals surface area contributed by atoms with Gasteiger partial charge in [0, 0.05) is 6.92 Å². The van der Waals surface area contributed by atoms with Crippen LogP contribution < -0.4 is 0 Å². The molecule has 0 radical (unpaired) electrons. The Hall–Kier alpha value is -0.640. The van der Waals surface area contributed by atoms with E-state index in [1.807, 2.05) is 0 Å². The van der Waals surface area contributed by atoms with Crippen LogP contribution in [0, 0.1) is 5.92 Å². The van der Waals surface area contributed by atoms with Crippen LogP contribution >= 0.6 is 33.3 Å². The fourth-order valence-corrected chi connectivity index (χ4v) is 6.20. The topological polar surface area (TPSA) is 94.9 Å². The summed E-state index contributed by atoms with van der Waals surface area (Å²) in [6.07, 6.45) is -0.820. The van der Waals surface area contributed by atoms with E-state index in [1.54, 1.807) is 0 Å². The highest BCUT2D eigenvalue weighted by molar-refractivity contribution is 8.80. The molecule has 0 aromatic rings. The number of fused-ring (bicyclic) bond motifs is 1. The predicted molar refractivity (Wildman–Crippen MR) is 73.9 cm³/mol. The van der Waals surface area contributed by atoms with Gasteiger partial charge in [0.1, 0.15) is 5.37 Å². The Morgan fingerprint density at radius 3 is 2.58 bits per heavy atom. The number of aliphatic carboxylic acids is 1. The molecule has 3 atom stereocenters. The van der Waals surface area contributed by atoms with Gasteiger partial charge < -0.3 is 10.2 Å². The Morgan fingerprint density at radius 1 is 1.47 bits per heavy atom. The summed E-state index contributed by atoms with van der Waals surface area (Å²) in [7, 11) is 2.46. The molecule has 1 amide bonds. The highest BCUT2D eigenvalue weighted by atomic mass is 33.1. The molecule has 1 saturated heterocycles. The SMILES string of the molecule is CC(=O)SC1=C(C(=O)O)N2C(=O)[C@H]([C@@H](C)O)C2SS1. The number of carbonyl (C=O) groups excluding carboxylic acids is 2. The van der Waals surface area contributed by atoms with Crippen LogP contribution in [-0.2, 0) is 14.4 Å². The molecular weight excluding hydrogens is 310 g/mol. The van der Waals surface area contributed by atoms with Gasteiger partial charge in [0.15, 0.2) is 10.8 Å². The van der Waals surface area contributed by atoms with Crippen LogP contribution in [-0.4, -0.2) is 43.6 Å². The van der Waals surface area contributed by atoms with Crippen molar-refractivity contribution < 1.29 is 24.6 Å². The fourth-order valence-electron chi connectivity index (χ4n) is 1.89. The van der Waals surface area contributed by atoms with Crippen molar-refractivity contribution in [2.75, 3.05) is 0 Å². The lowest BCUT2D eigenvalue weighted by Crippen LogP contribution is -2.63. The Kier molecular flexibility index (Phi) is 4.19. The second kappa shape index (κ2) is 5.39. The second-order valence-electron chi connectivity index (χ2n) is 4.08. The molecule has 0 saturated carbocycles. The molecule has 2 heterocycles. The molecule has 1 unspecified atom stereocenters. The third-order valence-electron chi connectivity index (χ3n) is 2.70. The summed E-state index contributed by atoms with van der Waals surface area (Å²) in [5.41, 5.74) is -0.157. The van der Waals surface area contributed by atoms with Gasteiger partial charge in [-0.05, 0) is 29.5 Å². The number of carboxylic acids is 1. The van der Waals surface area contributed by atoms with Gasteiger partial charge >= 0.3 is 5.97 Å². The molecule has 19 heavy (non-hydrogen) atoms. The average molecular weight is 321 g/mol. The van der Waals surface area contributed by atoms with Crippen molar-refractivity contribution in [2.24, 2.45) is 5.92 Å². The van der Waals surface area contributed by atoms with Crippen LogP contribution in [0.3, 0.4) is 0 Å². The number of aliphatic hydroxyl groups is 1. The van der Waals surface area contributed by atoms with E-state index >= 15 is 0 Å². The van der Waals surface area contributed by atoms with E-state index in [-0.39, 0.29) is 16.2 Å². The lowest BCUT2D eigenvalue weighted by Gasteiger charge is -2.49. The first kappa shape index (κ1) is 14.8. The average Bonchev–Trinajstić information content (AvgIpc) is 2.27. The highest BCUT2D eigenvalue weighted by Crippen LogP contribution is 2.55. The number of β-lactam (4-membered cyclic amide) rings is 1. The van der Waals surface area contributed by atoms with Crippen LogP contribution in [0.2, 0.25) is 0 Å². The third-order valence-corrected chi connectivity index (χ3v) is 6.70. The normalized spacial score (nSPS) is 27.7. The number of hydrogen-bond acceptors (Lipinski definition) is 7. The van der Waals surface area contributed by atoms with Gasteiger partial charge in [0.05, 0.1) is 16.3 Å². The lowest BCUT2D eigenvalue weighted by atomic mass is 9.92. The molecule has 2 rings (SSSR count). The molecule has 0 aromatic carbocycles. The minimum absolute atomic E-state index is 0.157. The molecule has 9 heteroatoms. The molecule has 0 aliphatic carbocycles. The zero-order chi connectivity index (χ0) is 14.3. The molecule has 6 nitrogen and oxygen atoms in total. The Bertz CT molecular complexity index is 490. The van der Waals surface area contributed by atoms with E-state index in [0.717, 1.165) is 16.7 Å². The lowest BCUT2D eigenvalue weighted by molar-refractivity contribution is -0.157. The zero-order valence-electron chi connectivity index (χ0n) is 10.0. The largest absolute Gasteiger partial charge is 0.477 e. The summed E-state index contributed by atoms with van der Waals surface area (Å²) < 4.78 is 0.304. The van der Waals surface area contributed by atoms with Crippen molar-refractivity contribution in [3.8, 4) is 0 Å². The minimum Gasteiger partial charge on any atom is -0.477 e. The molecule has 2 N–H and O–H groups in total. The van der Waals surface area contributed by atoms with Crippen LogP contribution in [0.25, 0.3) is 0 Å². The maximum Gasteiger partial charge on any atom is 0.354 e. The smallest absolute Gasteiger partial charge is 0.354 e. The first-order valence-electron chi connectivity index (χ1n) is 5.35. The summed E-state index contributed by atoms with van der Waals surface area (Å²) in [5.74, 6) is -2.23. The van der Waals surface area contributed by atoms with Gasteiger partial charge in [0.25, 0.3) is 0 Å². The van der Waals surface area contributed by atoms with E-state index in [9.17, 15) is 24.6 Å². The number of nitrogens with zero attached hydrogens (tertiary/aromatic N) is 1. The van der Waals surface area contributed by atoms with E-state index in [4.69, 9.17) is 0 Å². The number of aliphatic hydroxyl groups excluding tert-OH is 1. The summed E-state index contributed by atoms with van der Waals surface area (Å²) in [4.78, 5) is 35.5. The van der Waals surface area contributed by atoms with Gasteiger partial charge in [-0.2, -0.15) is 0 Å². The van der Waals surface area contributed by atoms with Crippen LogP contribution in [0.5, 0.6) is 0 Å². The molecule has 1 fully saturated rings. The van der Waals surface area contributed by atoms with Crippen LogP contribution in [0.15, 0.2) is 9.93 Å². The summed E-state index contributed by atoms with van der Waals surface area (Å²) in [6, 6.07) is 0. The first-order chi connectivity index (χ1) is 8.84. The van der Waals surface area contributed by atoms with Crippen molar-refractivity contribution in [1.29, 1.82) is 0 Å². The summed E-state index contributed by atoms with van der Waals surface area (Å²) >= 11 is 0.809. The molecule has 0 spiro atoms. The molecular formula is C10H11NO5S3. The van der Waals surface area contributed by atoms with Gasteiger partial charge in [0.2, 0.25) is 5.91 Å². The molecule has 0 aromatic heterocycles. The van der Waals surface area contributed by atoms with E-state index in [2.05, 4.69) is 0 Å². The highest BCUT2D eigenvalue weighted by Gasteiger charge is 2.56. The predicted octanol–water partition coefficient (Wildman–Crippen LogP) is 1.08. The molecule has 104 valence electrons. The standard InChI is InChI=1S/C10H11NO5S3/c1-3(12)5-7(14)11-6(9(15)16)10(17-4(2)13)19-18-8(5)11/h3,5,8,12H,1-2H3,(H,15,16)/t3-,5+,8?/m1/s1. The summed E-state index contributed by atoms with van der Waals surface area (Å²) in [6.45, 7) is 2.85. The maximum absolute atomic E-state index is 11.9. The second-order valence-corrected chi connectivity index (χ2v) is 7.85. The molecule has 2 aliphatic rings. The fraction of sp³-hybridized carbons (Fsp3) is 0.500. The number of carbonyl (C=O) groups is 3. The monoisotopic (exact) mass is 321 g/mol. The maximum atomic E-state index is 11.9. The third kappa shape index (κ3) is 2.51. The number of hydrogen-bond donors (Lipinski definition) is 2. The number of amides is 1. The van der Waals surface area contributed by atoms with Gasteiger partial charge in [-0.15, -0.1) is 0 Å². The Balaban J connectivity index is 2.34.